The summed E-state index contributed by atoms with van der Waals surface area (Å²) in [5.41, 5.74) is 0.764. The molecular weight excluding hydrogens is 234 g/mol. The second-order valence-corrected chi connectivity index (χ2v) is 3.67. The molecule has 0 N–H and O–H groups in total. The minimum Gasteiger partial charge on any atom is -0.618 e. The predicted octanol–water partition coefficient (Wildman–Crippen LogP) is 1.66. The standard InChI is InChI=1S/C13H13NO4/c1-3-18-13(15)10-7-9-5-4-6-14(16)12(9)11(8-10)17-2/h4-8H,3H2,1-2H3. The number of methoxy groups -OCH3 is 1. The lowest BCUT2D eigenvalue weighted by Crippen LogP contribution is -2.26. The van der Waals surface area contributed by atoms with Crippen molar-refractivity contribution in [1.82, 2.24) is 0 Å². The number of aromatic nitrogens is 1. The molecule has 2 rings (SSSR count). The summed E-state index contributed by atoms with van der Waals surface area (Å²) in [5, 5.41) is 12.3. The molecular formula is C13H13NO4. The number of carbonyl (C=O) groups is 1. The summed E-state index contributed by atoms with van der Waals surface area (Å²) in [6.07, 6.45) is 1.38. The van der Waals surface area contributed by atoms with Crippen LogP contribution in [0.2, 0.25) is 0 Å². The van der Waals surface area contributed by atoms with E-state index in [0.29, 0.717) is 33.6 Å². The fraction of sp³-hybridized carbons (Fsp3) is 0.231. The summed E-state index contributed by atoms with van der Waals surface area (Å²) in [7, 11) is 1.46. The normalized spacial score (nSPS) is 10.3. The molecule has 0 atom stereocenters. The monoisotopic (exact) mass is 247 g/mol. The smallest absolute Gasteiger partial charge is 0.338 e. The number of fused-ring (bicyclic) bond motifs is 1. The molecule has 1 aromatic carbocycles. The molecule has 5 nitrogen and oxygen atoms in total. The van der Waals surface area contributed by atoms with Crippen molar-refractivity contribution in [3.63, 3.8) is 0 Å². The van der Waals surface area contributed by atoms with Gasteiger partial charge in [0.1, 0.15) is 0 Å². The summed E-state index contributed by atoms with van der Waals surface area (Å²) in [6, 6.07) is 6.48. The second-order valence-electron chi connectivity index (χ2n) is 3.67. The highest BCUT2D eigenvalue weighted by atomic mass is 16.5. The Morgan fingerprint density at radius 3 is 2.89 bits per heavy atom. The van der Waals surface area contributed by atoms with Crippen LogP contribution >= 0.6 is 0 Å². The lowest BCUT2D eigenvalue weighted by atomic mass is 10.1. The Morgan fingerprint density at radius 1 is 1.44 bits per heavy atom. The van der Waals surface area contributed by atoms with Gasteiger partial charge in [-0.2, -0.15) is 4.73 Å². The number of hydrogen-bond acceptors (Lipinski definition) is 4. The summed E-state index contributed by atoms with van der Waals surface area (Å²) >= 11 is 0. The van der Waals surface area contributed by atoms with Crippen molar-refractivity contribution in [2.75, 3.05) is 13.7 Å². The zero-order chi connectivity index (χ0) is 13.1. The number of carbonyl (C=O) groups excluding carboxylic acids is 1. The van der Waals surface area contributed by atoms with Gasteiger partial charge in [-0.1, -0.05) is 0 Å². The third-order valence-electron chi connectivity index (χ3n) is 2.55. The molecule has 1 heterocycles. The molecule has 2 aromatic rings. The molecule has 0 saturated carbocycles. The molecule has 0 aliphatic rings. The lowest BCUT2D eigenvalue weighted by Gasteiger charge is -2.08. The van der Waals surface area contributed by atoms with Crippen LogP contribution in [0.15, 0.2) is 30.5 Å². The highest BCUT2D eigenvalue weighted by Gasteiger charge is 2.16. The molecule has 18 heavy (non-hydrogen) atoms. The molecule has 0 aliphatic carbocycles. The fourth-order valence-electron chi connectivity index (χ4n) is 1.78. The molecule has 94 valence electrons. The van der Waals surface area contributed by atoms with Crippen molar-refractivity contribution in [1.29, 1.82) is 0 Å². The third kappa shape index (κ3) is 2.07. The minimum atomic E-state index is -0.431. The van der Waals surface area contributed by atoms with Gasteiger partial charge in [0.15, 0.2) is 11.9 Å². The zero-order valence-corrected chi connectivity index (χ0v) is 10.2. The van der Waals surface area contributed by atoms with E-state index in [1.54, 1.807) is 25.1 Å². The van der Waals surface area contributed by atoms with E-state index >= 15 is 0 Å². The Bertz CT molecular complexity index is 595. The van der Waals surface area contributed by atoms with E-state index in [9.17, 15) is 10.0 Å². The number of rotatable bonds is 3. The fourth-order valence-corrected chi connectivity index (χ4v) is 1.78. The average Bonchev–Trinajstić information content (AvgIpc) is 2.38. The Labute approximate surface area is 104 Å². The van der Waals surface area contributed by atoms with Crippen LogP contribution in [0, 0.1) is 5.21 Å². The Kier molecular flexibility index (Phi) is 3.32. The maximum absolute atomic E-state index is 11.7. The lowest BCUT2D eigenvalue weighted by molar-refractivity contribution is -0.577. The number of nitrogens with zero attached hydrogens (tertiary/aromatic N) is 1. The first kappa shape index (κ1) is 12.2. The molecule has 0 amide bonds. The third-order valence-corrected chi connectivity index (χ3v) is 2.55. The molecule has 0 fully saturated rings. The van der Waals surface area contributed by atoms with E-state index in [4.69, 9.17) is 9.47 Å². The zero-order valence-electron chi connectivity index (χ0n) is 10.2. The predicted molar refractivity (Wildman–Crippen MR) is 65.4 cm³/mol. The van der Waals surface area contributed by atoms with Crippen molar-refractivity contribution in [2.24, 2.45) is 0 Å². The van der Waals surface area contributed by atoms with Gasteiger partial charge < -0.3 is 14.7 Å². The van der Waals surface area contributed by atoms with E-state index in [0.717, 1.165) is 0 Å². The minimum absolute atomic E-state index is 0.301. The van der Waals surface area contributed by atoms with Gasteiger partial charge in [-0.15, -0.1) is 0 Å². The van der Waals surface area contributed by atoms with Crippen molar-refractivity contribution < 1.29 is 19.0 Å². The van der Waals surface area contributed by atoms with E-state index in [1.807, 2.05) is 0 Å². The van der Waals surface area contributed by atoms with Crippen LogP contribution in [-0.4, -0.2) is 19.7 Å². The number of pyridine rings is 1. The number of ether oxygens (including phenoxy) is 2. The van der Waals surface area contributed by atoms with Crippen LogP contribution in [0.3, 0.4) is 0 Å². The maximum atomic E-state index is 11.7. The molecule has 0 aliphatic heterocycles. The Hall–Kier alpha value is -2.30. The van der Waals surface area contributed by atoms with Gasteiger partial charge in [-0.3, -0.25) is 0 Å². The summed E-state index contributed by atoms with van der Waals surface area (Å²) in [4.78, 5) is 11.7. The number of benzene rings is 1. The summed E-state index contributed by atoms with van der Waals surface area (Å²) < 4.78 is 10.8. The van der Waals surface area contributed by atoms with Crippen molar-refractivity contribution in [2.45, 2.75) is 6.92 Å². The Balaban J connectivity index is 2.63. The first-order valence-electron chi connectivity index (χ1n) is 5.54. The first-order valence-corrected chi connectivity index (χ1v) is 5.54. The first-order chi connectivity index (χ1) is 8.67. The van der Waals surface area contributed by atoms with Crippen LogP contribution in [0.4, 0.5) is 0 Å². The van der Waals surface area contributed by atoms with Crippen molar-refractivity contribution >= 4 is 16.9 Å². The van der Waals surface area contributed by atoms with Gasteiger partial charge in [0, 0.05) is 12.1 Å². The molecule has 0 unspecified atom stereocenters. The van der Waals surface area contributed by atoms with Crippen molar-refractivity contribution in [3.8, 4) is 5.75 Å². The van der Waals surface area contributed by atoms with E-state index in [1.165, 1.54) is 19.4 Å². The molecule has 0 spiro atoms. The average molecular weight is 247 g/mol. The molecule has 1 aromatic heterocycles. The van der Waals surface area contributed by atoms with Crippen LogP contribution in [0.5, 0.6) is 5.75 Å². The van der Waals surface area contributed by atoms with Crippen LogP contribution in [0.1, 0.15) is 17.3 Å². The van der Waals surface area contributed by atoms with Crippen LogP contribution in [0.25, 0.3) is 10.9 Å². The van der Waals surface area contributed by atoms with Gasteiger partial charge in [0.25, 0.3) is 5.52 Å². The number of hydrogen-bond donors (Lipinski definition) is 0. The molecule has 0 bridgehead atoms. The molecule has 0 saturated heterocycles. The molecule has 5 heteroatoms. The van der Waals surface area contributed by atoms with Gasteiger partial charge >= 0.3 is 5.97 Å². The highest BCUT2D eigenvalue weighted by molar-refractivity contribution is 5.96. The van der Waals surface area contributed by atoms with E-state index in [-0.39, 0.29) is 0 Å². The topological polar surface area (TPSA) is 62.5 Å². The van der Waals surface area contributed by atoms with Crippen molar-refractivity contribution in [3.05, 3.63) is 41.2 Å². The van der Waals surface area contributed by atoms with E-state index < -0.39 is 5.97 Å². The van der Waals surface area contributed by atoms with Gasteiger partial charge in [-0.05, 0) is 19.1 Å². The van der Waals surface area contributed by atoms with Crippen LogP contribution < -0.4 is 9.47 Å². The Morgan fingerprint density at radius 2 is 2.22 bits per heavy atom. The summed E-state index contributed by atoms with van der Waals surface area (Å²) in [6.45, 7) is 2.04. The van der Waals surface area contributed by atoms with E-state index in [2.05, 4.69) is 0 Å². The largest absolute Gasteiger partial charge is 0.618 e. The number of esters is 1. The highest BCUT2D eigenvalue weighted by Crippen LogP contribution is 2.24. The van der Waals surface area contributed by atoms with Crippen LogP contribution in [-0.2, 0) is 4.74 Å². The second kappa shape index (κ2) is 4.91. The maximum Gasteiger partial charge on any atom is 0.338 e. The van der Waals surface area contributed by atoms with Gasteiger partial charge in [0.05, 0.1) is 24.7 Å². The van der Waals surface area contributed by atoms with Gasteiger partial charge in [-0.25, -0.2) is 4.79 Å². The SMILES string of the molecule is CCOC(=O)c1cc(OC)c2c(ccc[n+]2[O-])c1. The summed E-state index contributed by atoms with van der Waals surface area (Å²) in [5.74, 6) is -0.0786. The molecule has 0 radical (unpaired) electrons. The van der Waals surface area contributed by atoms with Gasteiger partial charge in [0.2, 0.25) is 0 Å². The quantitative estimate of drug-likeness (QED) is 0.470.